The number of hydrogen-bond donors (Lipinski definition) is 1. The molecule has 0 radical (unpaired) electrons. The summed E-state index contributed by atoms with van der Waals surface area (Å²) in [4.78, 5) is 27.7. The van der Waals surface area contributed by atoms with Gasteiger partial charge in [0.15, 0.2) is 17.3 Å². The van der Waals surface area contributed by atoms with Crippen LogP contribution >= 0.6 is 0 Å². The van der Waals surface area contributed by atoms with Crippen LogP contribution in [0, 0.1) is 0 Å². The molecule has 0 saturated carbocycles. The van der Waals surface area contributed by atoms with Crippen molar-refractivity contribution in [3.05, 3.63) is 106 Å². The summed E-state index contributed by atoms with van der Waals surface area (Å²) < 4.78 is 28.1. The standard InChI is InChI=1S/C34H35NO7/c1-21-30(34(37)42-18-17-41-25-9-6-5-7-10-25)31(26-11-8-12-29(39-3)33(26)40-4)32-27(35-21)19-23(20-28(32)36)22-13-15-24(38-2)16-14-22/h5-16,23,31,35H,17-20H2,1-4H3. The predicted molar refractivity (Wildman–Crippen MR) is 158 cm³/mol. The third kappa shape index (κ3) is 5.84. The number of hydrogen-bond acceptors (Lipinski definition) is 8. The van der Waals surface area contributed by atoms with Crippen molar-refractivity contribution in [2.75, 3.05) is 34.5 Å². The van der Waals surface area contributed by atoms with Gasteiger partial charge in [-0.25, -0.2) is 4.79 Å². The number of allylic oxidation sites excluding steroid dienone is 3. The monoisotopic (exact) mass is 569 g/mol. The molecule has 1 N–H and O–H groups in total. The zero-order chi connectivity index (χ0) is 29.6. The Hall–Kier alpha value is -4.72. The lowest BCUT2D eigenvalue weighted by Gasteiger charge is -2.37. The molecular weight excluding hydrogens is 534 g/mol. The molecule has 42 heavy (non-hydrogen) atoms. The molecule has 0 aromatic heterocycles. The highest BCUT2D eigenvalue weighted by Gasteiger charge is 2.43. The maximum absolute atomic E-state index is 14.0. The molecule has 0 amide bonds. The van der Waals surface area contributed by atoms with Crippen molar-refractivity contribution in [1.82, 2.24) is 5.32 Å². The Morgan fingerprint density at radius 1 is 0.833 bits per heavy atom. The Morgan fingerprint density at radius 3 is 2.29 bits per heavy atom. The van der Waals surface area contributed by atoms with Gasteiger partial charge >= 0.3 is 5.97 Å². The van der Waals surface area contributed by atoms with Gasteiger partial charge in [0.2, 0.25) is 0 Å². The number of dihydropyridines is 1. The zero-order valence-corrected chi connectivity index (χ0v) is 24.3. The summed E-state index contributed by atoms with van der Waals surface area (Å²) in [6.07, 6.45) is 0.919. The maximum Gasteiger partial charge on any atom is 0.336 e. The first-order chi connectivity index (χ1) is 20.4. The fourth-order valence-electron chi connectivity index (χ4n) is 5.76. The van der Waals surface area contributed by atoms with E-state index in [1.807, 2.05) is 73.7 Å². The average Bonchev–Trinajstić information content (AvgIpc) is 3.02. The highest BCUT2D eigenvalue weighted by Crippen LogP contribution is 2.49. The number of Topliss-reactive ketones (excluding diaryl/α,β-unsaturated/α-hetero) is 1. The van der Waals surface area contributed by atoms with Gasteiger partial charge in [-0.15, -0.1) is 0 Å². The van der Waals surface area contributed by atoms with Crippen LogP contribution in [0.1, 0.15) is 42.7 Å². The molecule has 8 nitrogen and oxygen atoms in total. The number of rotatable bonds is 10. The van der Waals surface area contributed by atoms with Gasteiger partial charge in [0.1, 0.15) is 24.7 Å². The lowest BCUT2D eigenvalue weighted by Crippen LogP contribution is -2.36. The summed E-state index contributed by atoms with van der Waals surface area (Å²) in [6, 6.07) is 22.6. The molecule has 0 fully saturated rings. The third-order valence-corrected chi connectivity index (χ3v) is 7.71. The van der Waals surface area contributed by atoms with Crippen molar-refractivity contribution < 1.29 is 33.3 Å². The van der Waals surface area contributed by atoms with E-state index >= 15 is 0 Å². The molecule has 3 aromatic rings. The molecular formula is C34H35NO7. The molecule has 2 aliphatic rings. The van der Waals surface area contributed by atoms with Gasteiger partial charge in [-0.3, -0.25) is 4.79 Å². The van der Waals surface area contributed by atoms with E-state index in [0.717, 1.165) is 17.0 Å². The van der Waals surface area contributed by atoms with Gasteiger partial charge in [-0.2, -0.15) is 0 Å². The van der Waals surface area contributed by atoms with E-state index in [0.29, 0.717) is 52.5 Å². The molecule has 1 heterocycles. The molecule has 0 bridgehead atoms. The topological polar surface area (TPSA) is 92.3 Å². The Balaban J connectivity index is 1.48. The Bertz CT molecular complexity index is 1510. The molecule has 0 spiro atoms. The highest BCUT2D eigenvalue weighted by molar-refractivity contribution is 6.04. The Labute approximate surface area is 245 Å². The van der Waals surface area contributed by atoms with Crippen molar-refractivity contribution in [3.63, 3.8) is 0 Å². The number of carbonyl (C=O) groups excluding carboxylic acids is 2. The van der Waals surface area contributed by atoms with Crippen LogP contribution in [0.2, 0.25) is 0 Å². The van der Waals surface area contributed by atoms with Crippen LogP contribution in [-0.2, 0) is 14.3 Å². The van der Waals surface area contributed by atoms with Crippen LogP contribution in [0.25, 0.3) is 0 Å². The molecule has 3 aromatic carbocycles. The van der Waals surface area contributed by atoms with E-state index in [2.05, 4.69) is 5.32 Å². The number of para-hydroxylation sites is 2. The second kappa shape index (κ2) is 12.9. The number of benzene rings is 3. The minimum absolute atomic E-state index is 0.0149. The van der Waals surface area contributed by atoms with E-state index in [9.17, 15) is 9.59 Å². The predicted octanol–water partition coefficient (Wildman–Crippen LogP) is 5.70. The van der Waals surface area contributed by atoms with Crippen LogP contribution in [0.3, 0.4) is 0 Å². The fourth-order valence-corrected chi connectivity index (χ4v) is 5.76. The van der Waals surface area contributed by atoms with Crippen LogP contribution < -0.4 is 24.3 Å². The van der Waals surface area contributed by atoms with Gasteiger partial charge in [-0.1, -0.05) is 42.5 Å². The Morgan fingerprint density at radius 2 is 1.60 bits per heavy atom. The summed E-state index contributed by atoms with van der Waals surface area (Å²) in [5.41, 5.74) is 4.04. The van der Waals surface area contributed by atoms with Crippen molar-refractivity contribution >= 4 is 11.8 Å². The normalized spacial score (nSPS) is 18.1. The smallest absolute Gasteiger partial charge is 0.336 e. The average molecular weight is 570 g/mol. The van der Waals surface area contributed by atoms with Crippen LogP contribution in [0.5, 0.6) is 23.0 Å². The molecule has 5 rings (SSSR count). The number of methoxy groups -OCH3 is 3. The summed E-state index contributed by atoms with van der Waals surface area (Å²) in [5.74, 6) is 1.16. The molecule has 1 aliphatic heterocycles. The van der Waals surface area contributed by atoms with Crippen molar-refractivity contribution in [2.24, 2.45) is 0 Å². The van der Waals surface area contributed by atoms with Crippen LogP contribution in [-0.4, -0.2) is 46.3 Å². The minimum atomic E-state index is -0.696. The minimum Gasteiger partial charge on any atom is -0.497 e. The lowest BCUT2D eigenvalue weighted by atomic mass is 9.71. The molecule has 0 saturated heterocycles. The first-order valence-corrected chi connectivity index (χ1v) is 13.9. The number of ether oxygens (including phenoxy) is 5. The van der Waals surface area contributed by atoms with Gasteiger partial charge in [0.05, 0.1) is 32.8 Å². The molecule has 2 atom stereocenters. The van der Waals surface area contributed by atoms with Gasteiger partial charge in [0.25, 0.3) is 0 Å². The van der Waals surface area contributed by atoms with Gasteiger partial charge in [0, 0.05) is 29.0 Å². The van der Waals surface area contributed by atoms with Gasteiger partial charge < -0.3 is 29.0 Å². The number of ketones is 1. The van der Waals surface area contributed by atoms with Crippen molar-refractivity contribution in [1.29, 1.82) is 0 Å². The summed E-state index contributed by atoms with van der Waals surface area (Å²) in [5, 5.41) is 3.39. The van der Waals surface area contributed by atoms with E-state index < -0.39 is 11.9 Å². The summed E-state index contributed by atoms with van der Waals surface area (Å²) >= 11 is 0. The highest BCUT2D eigenvalue weighted by atomic mass is 16.6. The molecule has 1 aliphatic carbocycles. The fraction of sp³-hybridized carbons (Fsp3) is 0.294. The summed E-state index contributed by atoms with van der Waals surface area (Å²) in [6.45, 7) is 2.08. The largest absolute Gasteiger partial charge is 0.497 e. The van der Waals surface area contributed by atoms with E-state index in [-0.39, 0.29) is 24.9 Å². The molecule has 2 unspecified atom stereocenters. The van der Waals surface area contributed by atoms with Crippen molar-refractivity contribution in [3.8, 4) is 23.0 Å². The number of nitrogens with one attached hydrogen (secondary N) is 1. The van der Waals surface area contributed by atoms with Crippen LogP contribution in [0.15, 0.2) is 95.3 Å². The Kier molecular flexibility index (Phi) is 8.81. The number of carbonyl (C=O) groups is 2. The van der Waals surface area contributed by atoms with E-state index in [1.165, 1.54) is 0 Å². The quantitative estimate of drug-likeness (QED) is 0.246. The van der Waals surface area contributed by atoms with Crippen molar-refractivity contribution in [2.45, 2.75) is 31.6 Å². The number of esters is 1. The first kappa shape index (κ1) is 28.8. The SMILES string of the molecule is COc1ccc(C2CC(=O)C3=C(C2)NC(C)=C(C(=O)OCCOc2ccccc2)C3c2cccc(OC)c2OC)cc1. The third-order valence-electron chi connectivity index (χ3n) is 7.71. The van der Waals surface area contributed by atoms with Crippen LogP contribution in [0.4, 0.5) is 0 Å². The first-order valence-electron chi connectivity index (χ1n) is 13.9. The van der Waals surface area contributed by atoms with E-state index in [1.54, 1.807) is 27.4 Å². The second-order valence-corrected chi connectivity index (χ2v) is 10.2. The molecule has 8 heteroatoms. The molecule has 218 valence electrons. The maximum atomic E-state index is 14.0. The van der Waals surface area contributed by atoms with E-state index in [4.69, 9.17) is 23.7 Å². The second-order valence-electron chi connectivity index (χ2n) is 10.2. The lowest BCUT2D eigenvalue weighted by molar-refractivity contribution is -0.140. The zero-order valence-electron chi connectivity index (χ0n) is 24.3. The van der Waals surface area contributed by atoms with Gasteiger partial charge in [-0.05, 0) is 55.2 Å². The summed E-state index contributed by atoms with van der Waals surface area (Å²) in [7, 11) is 4.74.